The number of nitrogens with zero attached hydrogens (tertiary/aromatic N) is 5. The maximum Gasteiger partial charge on any atom is 0.226 e. The van der Waals surface area contributed by atoms with Gasteiger partial charge in [0.15, 0.2) is 5.65 Å². The van der Waals surface area contributed by atoms with Crippen molar-refractivity contribution in [1.29, 1.82) is 5.26 Å². The molecule has 3 aromatic rings. The molecule has 1 aliphatic heterocycles. The summed E-state index contributed by atoms with van der Waals surface area (Å²) in [7, 11) is 0. The number of hydrogen-bond acceptors (Lipinski definition) is 5. The number of aromatic nitrogens is 3. The molecule has 28 heavy (non-hydrogen) atoms. The van der Waals surface area contributed by atoms with Gasteiger partial charge in [-0.05, 0) is 56.1 Å². The lowest BCUT2D eigenvalue weighted by Gasteiger charge is -2.34. The van der Waals surface area contributed by atoms with E-state index in [9.17, 15) is 5.26 Å². The van der Waals surface area contributed by atoms with Gasteiger partial charge in [-0.25, -0.2) is 0 Å². The molecule has 0 unspecified atom stereocenters. The predicted molar refractivity (Wildman–Crippen MR) is 110 cm³/mol. The number of fused-ring (bicyclic) bond motifs is 1. The first-order valence-electron chi connectivity index (χ1n) is 9.32. The summed E-state index contributed by atoms with van der Waals surface area (Å²) >= 11 is 6.28. The fourth-order valence-corrected chi connectivity index (χ4v) is 3.71. The van der Waals surface area contributed by atoms with Crippen LogP contribution in [0.15, 0.2) is 36.5 Å². The van der Waals surface area contributed by atoms with Gasteiger partial charge in [-0.1, -0.05) is 12.1 Å². The average Bonchev–Trinajstić information content (AvgIpc) is 3.11. The van der Waals surface area contributed by atoms with E-state index in [1.807, 2.05) is 54.9 Å². The van der Waals surface area contributed by atoms with Crippen LogP contribution in [0.1, 0.15) is 26.3 Å². The molecule has 7 heteroatoms. The molecular formula is C21H22ClN5O. The minimum absolute atomic E-state index is 0.221. The van der Waals surface area contributed by atoms with Crippen molar-refractivity contribution in [3.63, 3.8) is 0 Å². The first-order valence-corrected chi connectivity index (χ1v) is 9.69. The minimum atomic E-state index is -0.525. The summed E-state index contributed by atoms with van der Waals surface area (Å²) in [4.78, 5) is 11.2. The topological polar surface area (TPSA) is 67.0 Å². The van der Waals surface area contributed by atoms with Gasteiger partial charge in [0.1, 0.15) is 5.82 Å². The van der Waals surface area contributed by atoms with E-state index in [1.54, 1.807) is 0 Å². The van der Waals surface area contributed by atoms with E-state index in [4.69, 9.17) is 16.3 Å². The fourth-order valence-electron chi connectivity index (χ4n) is 3.54. The van der Waals surface area contributed by atoms with Gasteiger partial charge in [0.25, 0.3) is 0 Å². The van der Waals surface area contributed by atoms with E-state index in [-0.39, 0.29) is 11.3 Å². The SMILES string of the molecule is C[C@@H]1COCCN1c1nc(Cl)nc2c1ccn2-c1ccc(C(C)(C)C#N)cc1. The lowest BCUT2D eigenvalue weighted by atomic mass is 9.86. The van der Waals surface area contributed by atoms with Gasteiger partial charge in [-0.2, -0.15) is 15.2 Å². The second kappa shape index (κ2) is 7.08. The first-order chi connectivity index (χ1) is 13.4. The number of halogens is 1. The third kappa shape index (κ3) is 3.21. The van der Waals surface area contributed by atoms with Gasteiger partial charge in [-0.15, -0.1) is 0 Å². The monoisotopic (exact) mass is 395 g/mol. The van der Waals surface area contributed by atoms with Crippen molar-refractivity contribution in [3.8, 4) is 11.8 Å². The Bertz CT molecular complexity index is 1050. The third-order valence-electron chi connectivity index (χ3n) is 5.28. The standard InChI is InChI=1S/C21H22ClN5O/c1-14-12-28-11-10-26(14)18-17-8-9-27(19(17)25-20(22)24-18)16-6-4-15(5-7-16)21(2,3)13-23/h4-9,14H,10-12H2,1-3H3/t14-/m1/s1. The Balaban J connectivity index is 1.79. The lowest BCUT2D eigenvalue weighted by molar-refractivity contribution is 0.0987. The number of ether oxygens (including phenoxy) is 1. The molecule has 2 aromatic heterocycles. The van der Waals surface area contributed by atoms with E-state index in [1.165, 1.54) is 0 Å². The van der Waals surface area contributed by atoms with Gasteiger partial charge < -0.3 is 14.2 Å². The highest BCUT2D eigenvalue weighted by Crippen LogP contribution is 2.31. The molecule has 3 heterocycles. The molecule has 0 saturated carbocycles. The Kier molecular flexibility index (Phi) is 4.74. The summed E-state index contributed by atoms with van der Waals surface area (Å²) in [5, 5.41) is 10.5. The molecule has 0 bridgehead atoms. The van der Waals surface area contributed by atoms with Gasteiger partial charge >= 0.3 is 0 Å². The molecule has 0 spiro atoms. The van der Waals surface area contributed by atoms with Crippen LogP contribution >= 0.6 is 11.6 Å². The fraction of sp³-hybridized carbons (Fsp3) is 0.381. The number of hydrogen-bond donors (Lipinski definition) is 0. The van der Waals surface area contributed by atoms with Crippen LogP contribution in [0, 0.1) is 11.3 Å². The summed E-state index contributed by atoms with van der Waals surface area (Å²) in [6.07, 6.45) is 1.98. The summed E-state index contributed by atoms with van der Waals surface area (Å²) in [6.45, 7) is 8.05. The second-order valence-electron chi connectivity index (χ2n) is 7.64. The molecule has 0 amide bonds. The van der Waals surface area contributed by atoms with Gasteiger partial charge in [0, 0.05) is 18.4 Å². The summed E-state index contributed by atoms with van der Waals surface area (Å²) in [5.74, 6) is 0.840. The molecule has 0 N–H and O–H groups in total. The third-order valence-corrected chi connectivity index (χ3v) is 5.45. The Hall–Kier alpha value is -2.62. The maximum absolute atomic E-state index is 9.35. The highest BCUT2D eigenvalue weighted by Gasteiger charge is 2.24. The Morgan fingerprint density at radius 1 is 1.21 bits per heavy atom. The maximum atomic E-state index is 9.35. The molecule has 1 saturated heterocycles. The Labute approximate surface area is 169 Å². The Morgan fingerprint density at radius 3 is 2.64 bits per heavy atom. The summed E-state index contributed by atoms with van der Waals surface area (Å²) < 4.78 is 7.55. The number of rotatable bonds is 3. The van der Waals surface area contributed by atoms with Crippen molar-refractivity contribution < 1.29 is 4.74 Å². The number of anilines is 1. The van der Waals surface area contributed by atoms with E-state index < -0.39 is 5.41 Å². The molecule has 4 rings (SSSR count). The van der Waals surface area contributed by atoms with Crippen molar-refractivity contribution >= 4 is 28.5 Å². The van der Waals surface area contributed by atoms with Crippen molar-refractivity contribution in [2.75, 3.05) is 24.7 Å². The molecular weight excluding hydrogens is 374 g/mol. The average molecular weight is 396 g/mol. The molecule has 6 nitrogen and oxygen atoms in total. The van der Waals surface area contributed by atoms with E-state index >= 15 is 0 Å². The van der Waals surface area contributed by atoms with Crippen LogP contribution in [-0.4, -0.2) is 40.3 Å². The number of benzene rings is 1. The van der Waals surface area contributed by atoms with Gasteiger partial charge in [0.2, 0.25) is 5.28 Å². The van der Waals surface area contributed by atoms with Gasteiger partial charge in [-0.3, -0.25) is 0 Å². The van der Waals surface area contributed by atoms with Crippen LogP contribution in [0.5, 0.6) is 0 Å². The van der Waals surface area contributed by atoms with Crippen LogP contribution in [0.4, 0.5) is 5.82 Å². The van der Waals surface area contributed by atoms with Gasteiger partial charge in [0.05, 0.1) is 36.1 Å². The quantitative estimate of drug-likeness (QED) is 0.624. The predicted octanol–water partition coefficient (Wildman–Crippen LogP) is 4.10. The van der Waals surface area contributed by atoms with Crippen molar-refractivity contribution in [2.24, 2.45) is 0 Å². The smallest absolute Gasteiger partial charge is 0.226 e. The van der Waals surface area contributed by atoms with Crippen molar-refractivity contribution in [2.45, 2.75) is 32.2 Å². The zero-order chi connectivity index (χ0) is 19.9. The van der Waals surface area contributed by atoms with Crippen LogP contribution in [0.2, 0.25) is 5.28 Å². The molecule has 0 radical (unpaired) electrons. The highest BCUT2D eigenvalue weighted by molar-refractivity contribution is 6.28. The first kappa shape index (κ1) is 18.7. The van der Waals surface area contributed by atoms with Crippen LogP contribution in [0.25, 0.3) is 16.7 Å². The molecule has 1 fully saturated rings. The van der Waals surface area contributed by atoms with Crippen LogP contribution in [-0.2, 0) is 10.2 Å². The number of morpholine rings is 1. The largest absolute Gasteiger partial charge is 0.377 e. The second-order valence-corrected chi connectivity index (χ2v) is 7.98. The lowest BCUT2D eigenvalue weighted by Crippen LogP contribution is -2.44. The van der Waals surface area contributed by atoms with E-state index in [0.29, 0.717) is 13.2 Å². The molecule has 1 aliphatic rings. The van der Waals surface area contributed by atoms with Crippen LogP contribution < -0.4 is 4.90 Å². The molecule has 144 valence electrons. The van der Waals surface area contributed by atoms with Crippen LogP contribution in [0.3, 0.4) is 0 Å². The minimum Gasteiger partial charge on any atom is -0.377 e. The summed E-state index contributed by atoms with van der Waals surface area (Å²) in [6, 6.07) is 12.6. The molecule has 0 aliphatic carbocycles. The van der Waals surface area contributed by atoms with Crippen molar-refractivity contribution in [3.05, 3.63) is 47.4 Å². The number of nitriles is 1. The van der Waals surface area contributed by atoms with E-state index in [0.717, 1.165) is 34.6 Å². The summed E-state index contributed by atoms with van der Waals surface area (Å²) in [5.41, 5.74) is 2.18. The molecule has 1 aromatic carbocycles. The normalized spacial score (nSPS) is 17.7. The molecule has 1 atom stereocenters. The van der Waals surface area contributed by atoms with Crippen molar-refractivity contribution in [1.82, 2.24) is 14.5 Å². The highest BCUT2D eigenvalue weighted by atomic mass is 35.5. The zero-order valence-corrected chi connectivity index (χ0v) is 16.9. The van der Waals surface area contributed by atoms with E-state index in [2.05, 4.69) is 27.9 Å². The Morgan fingerprint density at radius 2 is 1.96 bits per heavy atom. The zero-order valence-electron chi connectivity index (χ0n) is 16.2.